The van der Waals surface area contributed by atoms with Crippen molar-refractivity contribution >= 4 is 57.7 Å². The number of carbonyl (C=O) groups is 4. The number of carbonyl (C=O) groups excluding carboxylic acids is 4. The molecule has 2 aliphatic rings. The highest BCUT2D eigenvalue weighted by molar-refractivity contribution is 8.00. The van der Waals surface area contributed by atoms with Crippen molar-refractivity contribution in [1.82, 2.24) is 15.2 Å². The predicted octanol–water partition coefficient (Wildman–Crippen LogP) is 1.95. The third-order valence-electron chi connectivity index (χ3n) is 5.17. The Morgan fingerprint density at radius 2 is 2.08 bits per heavy atom. The number of ether oxygens (including phenoxy) is 2. The van der Waals surface area contributed by atoms with Crippen molar-refractivity contribution in [3.8, 4) is 0 Å². The number of fused-ring (bicyclic) bond motifs is 1. The molecule has 1 aromatic heterocycles. The van der Waals surface area contributed by atoms with E-state index in [0.29, 0.717) is 11.3 Å². The average Bonchev–Trinajstić information content (AvgIpc) is 3.29. The molecule has 1 aromatic rings. The fourth-order valence-corrected chi connectivity index (χ4v) is 5.21. The third kappa shape index (κ3) is 6.42. The number of allylic oxidation sites excluding steroid dienone is 2. The summed E-state index contributed by atoms with van der Waals surface area (Å²) >= 11 is 2.49. The van der Waals surface area contributed by atoms with Gasteiger partial charge >= 0.3 is 11.9 Å². The van der Waals surface area contributed by atoms with Crippen molar-refractivity contribution in [2.75, 3.05) is 24.9 Å². The van der Waals surface area contributed by atoms with Gasteiger partial charge in [-0.3, -0.25) is 19.3 Å². The Hall–Kier alpha value is -3.65. The molecule has 1 fully saturated rings. The zero-order chi connectivity index (χ0) is 28.0. The number of nitrogens with zero attached hydrogens (tertiary/aromatic N) is 3. The zero-order valence-corrected chi connectivity index (χ0v) is 23.0. The summed E-state index contributed by atoms with van der Waals surface area (Å²) in [6, 6.07) is -0.943. The molecule has 0 saturated carbocycles. The molecule has 38 heavy (non-hydrogen) atoms. The molecule has 204 valence electrons. The van der Waals surface area contributed by atoms with Crippen molar-refractivity contribution in [1.29, 1.82) is 0 Å². The number of thiazole rings is 1. The van der Waals surface area contributed by atoms with Crippen molar-refractivity contribution < 1.29 is 33.5 Å². The molecule has 0 spiro atoms. The molecule has 0 unspecified atom stereocenters. The number of hydrogen-bond acceptors (Lipinski definition) is 12. The number of rotatable bonds is 10. The summed E-state index contributed by atoms with van der Waals surface area (Å²) in [5.41, 5.74) is 5.56. The molecule has 12 nitrogen and oxygen atoms in total. The molecule has 0 bridgehead atoms. The molecular weight excluding hydrogens is 534 g/mol. The van der Waals surface area contributed by atoms with Gasteiger partial charge in [-0.1, -0.05) is 30.0 Å². The second kappa shape index (κ2) is 12.3. The van der Waals surface area contributed by atoms with E-state index in [1.807, 2.05) is 0 Å². The average molecular weight is 564 g/mol. The fraction of sp³-hybridized carbons (Fsp3) is 0.417. The van der Waals surface area contributed by atoms with E-state index in [1.165, 1.54) is 22.7 Å². The van der Waals surface area contributed by atoms with Gasteiger partial charge < -0.3 is 25.4 Å². The lowest BCUT2D eigenvalue weighted by molar-refractivity contribution is -0.173. The Bertz CT molecular complexity index is 1210. The number of aromatic nitrogens is 1. The SMILES string of the molecule is C=CCO/N=C(\C(=O)N[C@@H]1C(=O)N2C(C(=O)OCOC(=O)C(C)(C)C)=C(/C=C\C)CS[C@@H]12)c1csc(N)n1. The molecule has 2 aliphatic heterocycles. The molecule has 0 radical (unpaired) electrons. The van der Waals surface area contributed by atoms with Crippen LogP contribution in [-0.4, -0.2) is 69.9 Å². The van der Waals surface area contributed by atoms with Crippen LogP contribution in [0, 0.1) is 5.41 Å². The van der Waals surface area contributed by atoms with Crippen molar-refractivity contribution in [3.05, 3.63) is 47.2 Å². The van der Waals surface area contributed by atoms with Crippen LogP contribution < -0.4 is 11.1 Å². The number of nitrogens with one attached hydrogen (secondary N) is 1. The van der Waals surface area contributed by atoms with E-state index in [4.69, 9.17) is 20.0 Å². The van der Waals surface area contributed by atoms with Gasteiger partial charge in [0.25, 0.3) is 11.8 Å². The Morgan fingerprint density at radius 1 is 1.34 bits per heavy atom. The van der Waals surface area contributed by atoms with Gasteiger partial charge in [0.15, 0.2) is 10.8 Å². The number of hydrogen-bond donors (Lipinski definition) is 2. The summed E-state index contributed by atoms with van der Waals surface area (Å²) in [5.74, 6) is -2.19. The molecule has 0 aromatic carbocycles. The van der Waals surface area contributed by atoms with Gasteiger partial charge in [0.1, 0.15) is 29.4 Å². The first-order chi connectivity index (χ1) is 18.0. The lowest BCUT2D eigenvalue weighted by Gasteiger charge is -2.49. The van der Waals surface area contributed by atoms with Crippen molar-refractivity contribution in [2.24, 2.45) is 10.6 Å². The van der Waals surface area contributed by atoms with Gasteiger partial charge in [-0.2, -0.15) is 0 Å². The van der Waals surface area contributed by atoms with Crippen LogP contribution in [0.5, 0.6) is 0 Å². The monoisotopic (exact) mass is 563 g/mol. The summed E-state index contributed by atoms with van der Waals surface area (Å²) < 4.78 is 10.2. The highest BCUT2D eigenvalue weighted by Gasteiger charge is 2.54. The van der Waals surface area contributed by atoms with E-state index in [2.05, 4.69) is 22.0 Å². The van der Waals surface area contributed by atoms with E-state index >= 15 is 0 Å². The first kappa shape index (κ1) is 28.9. The number of amides is 2. The minimum atomic E-state index is -0.943. The van der Waals surface area contributed by atoms with E-state index in [0.717, 1.165) is 11.3 Å². The molecule has 14 heteroatoms. The largest absolute Gasteiger partial charge is 0.427 e. The summed E-state index contributed by atoms with van der Waals surface area (Å²) in [4.78, 5) is 61.6. The molecular formula is C24H29N5O7S2. The Balaban J connectivity index is 1.75. The lowest BCUT2D eigenvalue weighted by Crippen LogP contribution is -2.71. The number of β-lactam (4-membered cyclic amide) rings is 1. The van der Waals surface area contributed by atoms with Gasteiger partial charge in [-0.25, -0.2) is 9.78 Å². The Labute approximate surface area is 227 Å². The second-order valence-corrected chi connectivity index (χ2v) is 11.1. The molecule has 3 heterocycles. The van der Waals surface area contributed by atoms with Crippen LogP contribution in [0.2, 0.25) is 0 Å². The highest BCUT2D eigenvalue weighted by Crippen LogP contribution is 2.41. The molecule has 2 atom stereocenters. The van der Waals surface area contributed by atoms with Crippen LogP contribution in [0.15, 0.2) is 46.6 Å². The summed E-state index contributed by atoms with van der Waals surface area (Å²) in [7, 11) is 0. The number of nitrogens with two attached hydrogens (primary N) is 1. The molecule has 1 saturated heterocycles. The third-order valence-corrected chi connectivity index (χ3v) is 7.14. The summed E-state index contributed by atoms with van der Waals surface area (Å²) in [6.45, 7) is 9.78. The quantitative estimate of drug-likeness (QED) is 0.0818. The molecule has 2 amide bonds. The second-order valence-electron chi connectivity index (χ2n) is 9.06. The molecule has 0 aliphatic carbocycles. The predicted molar refractivity (Wildman–Crippen MR) is 143 cm³/mol. The first-order valence-corrected chi connectivity index (χ1v) is 13.4. The molecule has 3 rings (SSSR count). The smallest absolute Gasteiger partial charge is 0.358 e. The first-order valence-electron chi connectivity index (χ1n) is 11.5. The standard InChI is InChI=1S/C24H29N5O7S2/c1-6-8-13-10-37-20-16(27-18(30)15(28-36-9-7-2)14-11-38-23(25)26-14)19(31)29(20)17(13)21(32)34-12-35-22(33)24(3,4)5/h6-8,11,16,20H,2,9-10,12H2,1,3-5H3,(H2,25,26)(H,27,30)/b8-6-,28-15-/t16-,20+/m1/s1. The van der Waals surface area contributed by atoms with Crippen LogP contribution in [-0.2, 0) is 33.5 Å². The summed E-state index contributed by atoms with van der Waals surface area (Å²) in [6.07, 6.45) is 4.90. The minimum Gasteiger partial charge on any atom is -0.427 e. The van der Waals surface area contributed by atoms with Crippen LogP contribution in [0.4, 0.5) is 5.13 Å². The number of esters is 2. The van der Waals surface area contributed by atoms with Gasteiger partial charge in [-0.15, -0.1) is 23.1 Å². The Morgan fingerprint density at radius 3 is 2.68 bits per heavy atom. The van der Waals surface area contributed by atoms with Crippen LogP contribution >= 0.6 is 23.1 Å². The topological polar surface area (TPSA) is 163 Å². The maximum atomic E-state index is 13.2. The maximum absolute atomic E-state index is 13.2. The zero-order valence-electron chi connectivity index (χ0n) is 21.4. The normalized spacial score (nSPS) is 19.5. The lowest BCUT2D eigenvalue weighted by atomic mass is 9.98. The number of oxime groups is 1. The maximum Gasteiger partial charge on any atom is 0.358 e. The van der Waals surface area contributed by atoms with Crippen molar-refractivity contribution in [2.45, 2.75) is 39.1 Å². The Kier molecular flexibility index (Phi) is 9.33. The van der Waals surface area contributed by atoms with E-state index in [1.54, 1.807) is 45.2 Å². The molecule has 3 N–H and O–H groups in total. The van der Waals surface area contributed by atoms with Crippen molar-refractivity contribution in [3.63, 3.8) is 0 Å². The van der Waals surface area contributed by atoms with Gasteiger partial charge in [-0.05, 0) is 33.3 Å². The van der Waals surface area contributed by atoms with Gasteiger partial charge in [0, 0.05) is 11.1 Å². The fourth-order valence-electron chi connectivity index (χ4n) is 3.35. The van der Waals surface area contributed by atoms with Gasteiger partial charge in [0.05, 0.1) is 5.41 Å². The van der Waals surface area contributed by atoms with E-state index < -0.39 is 47.4 Å². The number of thioether (sulfide) groups is 1. The minimum absolute atomic E-state index is 0.0321. The van der Waals surface area contributed by atoms with Crippen LogP contribution in [0.3, 0.4) is 0 Å². The van der Waals surface area contributed by atoms with Crippen LogP contribution in [0.25, 0.3) is 0 Å². The van der Waals surface area contributed by atoms with Gasteiger partial charge in [0.2, 0.25) is 6.79 Å². The van der Waals surface area contributed by atoms with E-state index in [-0.39, 0.29) is 28.8 Å². The number of nitrogen functional groups attached to an aromatic ring is 1. The highest BCUT2D eigenvalue weighted by atomic mass is 32.2. The van der Waals surface area contributed by atoms with E-state index in [9.17, 15) is 19.2 Å². The number of anilines is 1. The van der Waals surface area contributed by atoms with Crippen LogP contribution in [0.1, 0.15) is 33.4 Å². The summed E-state index contributed by atoms with van der Waals surface area (Å²) in [5, 5.41) is 7.70.